The fourth-order valence-corrected chi connectivity index (χ4v) is 0.912. The van der Waals surface area contributed by atoms with Gasteiger partial charge in [0, 0.05) is 6.04 Å². The zero-order valence-corrected chi connectivity index (χ0v) is 8.84. The highest BCUT2D eigenvalue weighted by Crippen LogP contribution is 2.24. The van der Waals surface area contributed by atoms with Crippen molar-refractivity contribution in [1.29, 1.82) is 0 Å². The van der Waals surface area contributed by atoms with E-state index in [1.165, 1.54) is 0 Å². The molecule has 0 fully saturated rings. The number of nitrogens with zero attached hydrogens (tertiary/aromatic N) is 3. The van der Waals surface area contributed by atoms with Gasteiger partial charge in [0.25, 0.3) is 0 Å². The second-order valence-corrected chi connectivity index (χ2v) is 4.85. The molecule has 4 heteroatoms. The summed E-state index contributed by atoms with van der Waals surface area (Å²) in [4.78, 5) is 0. The predicted octanol–water partition coefficient (Wildman–Crippen LogP) is 2.02. The van der Waals surface area contributed by atoms with Crippen LogP contribution in [0.2, 0.25) is 0 Å². The second kappa shape index (κ2) is 3.09. The maximum atomic E-state index is 4.41. The lowest BCUT2D eigenvalue weighted by Crippen LogP contribution is -2.08. The van der Waals surface area contributed by atoms with Crippen molar-refractivity contribution >= 4 is 12.6 Å². The van der Waals surface area contributed by atoms with Crippen molar-refractivity contribution in [1.82, 2.24) is 15.0 Å². The lowest BCUT2D eigenvalue weighted by Gasteiger charge is -2.12. The molecule has 0 saturated carbocycles. The van der Waals surface area contributed by atoms with Crippen LogP contribution in [0, 0.1) is 0 Å². The normalized spacial score (nSPS) is 12.5. The standard InChI is InChI=1S/C8H15N3S/c1-6(2)11-5-7(9-10-11)8(3,4)12/h5-6,12H,1-4H3. The summed E-state index contributed by atoms with van der Waals surface area (Å²) in [5.41, 5.74) is 0.916. The quantitative estimate of drug-likeness (QED) is 0.715. The maximum Gasteiger partial charge on any atom is 0.0979 e. The minimum Gasteiger partial charge on any atom is -0.250 e. The molecule has 1 aromatic rings. The molecule has 0 atom stereocenters. The van der Waals surface area contributed by atoms with Gasteiger partial charge in [-0.3, -0.25) is 0 Å². The van der Waals surface area contributed by atoms with Gasteiger partial charge in [0.2, 0.25) is 0 Å². The number of rotatable bonds is 2. The molecule has 0 aliphatic rings. The third-order valence-corrected chi connectivity index (χ3v) is 1.90. The van der Waals surface area contributed by atoms with E-state index in [-0.39, 0.29) is 4.75 Å². The molecule has 0 saturated heterocycles. The van der Waals surface area contributed by atoms with Crippen LogP contribution in [0.5, 0.6) is 0 Å². The van der Waals surface area contributed by atoms with Crippen molar-refractivity contribution in [3.8, 4) is 0 Å². The Bertz CT molecular complexity index is 260. The average Bonchev–Trinajstić information content (AvgIpc) is 2.30. The summed E-state index contributed by atoms with van der Waals surface area (Å²) in [6, 6.07) is 0.363. The molecule has 68 valence electrons. The van der Waals surface area contributed by atoms with Crippen LogP contribution in [-0.4, -0.2) is 15.0 Å². The number of aromatic nitrogens is 3. The van der Waals surface area contributed by atoms with Gasteiger partial charge in [-0.1, -0.05) is 5.21 Å². The summed E-state index contributed by atoms with van der Waals surface area (Å²) >= 11 is 4.41. The van der Waals surface area contributed by atoms with E-state index < -0.39 is 0 Å². The molecule has 0 N–H and O–H groups in total. The van der Waals surface area contributed by atoms with Gasteiger partial charge in [0.1, 0.15) is 0 Å². The molecule has 1 rings (SSSR count). The van der Waals surface area contributed by atoms with Crippen molar-refractivity contribution in [2.45, 2.75) is 38.5 Å². The Morgan fingerprint density at radius 2 is 2.08 bits per heavy atom. The van der Waals surface area contributed by atoms with E-state index in [2.05, 4.69) is 36.8 Å². The topological polar surface area (TPSA) is 30.7 Å². The first-order valence-corrected chi connectivity index (χ1v) is 4.50. The van der Waals surface area contributed by atoms with Crippen LogP contribution in [0.25, 0.3) is 0 Å². The van der Waals surface area contributed by atoms with Crippen LogP contribution >= 0.6 is 12.6 Å². The van der Waals surface area contributed by atoms with Crippen molar-refractivity contribution in [2.75, 3.05) is 0 Å². The summed E-state index contributed by atoms with van der Waals surface area (Å²) in [5, 5.41) is 8.05. The van der Waals surface area contributed by atoms with Crippen molar-refractivity contribution in [2.24, 2.45) is 0 Å². The first-order chi connectivity index (χ1) is 5.41. The summed E-state index contributed by atoms with van der Waals surface area (Å²) in [7, 11) is 0. The van der Waals surface area contributed by atoms with E-state index in [4.69, 9.17) is 0 Å². The van der Waals surface area contributed by atoms with Crippen molar-refractivity contribution in [3.63, 3.8) is 0 Å². The summed E-state index contributed by atoms with van der Waals surface area (Å²) < 4.78 is 1.64. The van der Waals surface area contributed by atoms with Crippen molar-refractivity contribution in [3.05, 3.63) is 11.9 Å². The third kappa shape index (κ3) is 2.00. The minimum absolute atomic E-state index is 0.201. The van der Waals surface area contributed by atoms with Crippen LogP contribution in [0.1, 0.15) is 39.4 Å². The van der Waals surface area contributed by atoms with Gasteiger partial charge in [-0.2, -0.15) is 12.6 Å². The van der Waals surface area contributed by atoms with Crippen LogP contribution in [-0.2, 0) is 4.75 Å². The van der Waals surface area contributed by atoms with Crippen molar-refractivity contribution < 1.29 is 0 Å². The third-order valence-electron chi connectivity index (χ3n) is 1.67. The van der Waals surface area contributed by atoms with Crippen LogP contribution in [0.15, 0.2) is 6.20 Å². The maximum absolute atomic E-state index is 4.41. The molecule has 0 aliphatic carbocycles. The minimum atomic E-state index is -0.201. The summed E-state index contributed by atoms with van der Waals surface area (Å²) in [6.07, 6.45) is 1.94. The molecule has 1 aromatic heterocycles. The monoisotopic (exact) mass is 185 g/mol. The molecule has 0 bridgehead atoms. The number of hydrogen-bond acceptors (Lipinski definition) is 3. The largest absolute Gasteiger partial charge is 0.250 e. The van der Waals surface area contributed by atoms with Gasteiger partial charge < -0.3 is 0 Å². The molecule has 0 spiro atoms. The van der Waals surface area contributed by atoms with E-state index in [9.17, 15) is 0 Å². The Hall–Kier alpha value is -0.510. The highest BCUT2D eigenvalue weighted by molar-refractivity contribution is 7.81. The van der Waals surface area contributed by atoms with E-state index >= 15 is 0 Å². The zero-order chi connectivity index (χ0) is 9.35. The molecular formula is C8H15N3S. The Morgan fingerprint density at radius 3 is 2.33 bits per heavy atom. The number of thiol groups is 1. The first kappa shape index (κ1) is 9.58. The SMILES string of the molecule is CC(C)n1cc(C(C)(C)S)nn1. The first-order valence-electron chi connectivity index (χ1n) is 4.06. The Kier molecular flexibility index (Phi) is 2.46. The van der Waals surface area contributed by atoms with Gasteiger partial charge in [-0.05, 0) is 27.7 Å². The highest BCUT2D eigenvalue weighted by Gasteiger charge is 2.19. The fourth-order valence-electron chi connectivity index (χ4n) is 0.809. The van der Waals surface area contributed by atoms with Crippen LogP contribution < -0.4 is 0 Å². The molecule has 1 heterocycles. The number of hydrogen-bond donors (Lipinski definition) is 1. The lowest BCUT2D eigenvalue weighted by atomic mass is 10.1. The molecule has 3 nitrogen and oxygen atoms in total. The van der Waals surface area contributed by atoms with Gasteiger partial charge in [0.05, 0.1) is 16.6 Å². The highest BCUT2D eigenvalue weighted by atomic mass is 32.1. The lowest BCUT2D eigenvalue weighted by molar-refractivity contribution is 0.514. The summed E-state index contributed by atoms with van der Waals surface area (Å²) in [5.74, 6) is 0. The van der Waals surface area contributed by atoms with Gasteiger partial charge in [-0.15, -0.1) is 5.10 Å². The fraction of sp³-hybridized carbons (Fsp3) is 0.750. The van der Waals surface area contributed by atoms with Crippen LogP contribution in [0.4, 0.5) is 0 Å². The molecule has 0 aliphatic heterocycles. The van der Waals surface area contributed by atoms with Gasteiger partial charge in [0.15, 0.2) is 0 Å². The molecule has 0 unspecified atom stereocenters. The molecule has 0 aromatic carbocycles. The molecule has 12 heavy (non-hydrogen) atoms. The smallest absolute Gasteiger partial charge is 0.0979 e. The second-order valence-electron chi connectivity index (χ2n) is 3.74. The van der Waals surface area contributed by atoms with Crippen LogP contribution in [0.3, 0.4) is 0 Å². The Labute approximate surface area is 78.6 Å². The van der Waals surface area contributed by atoms with E-state index in [1.54, 1.807) is 0 Å². The molecule has 0 radical (unpaired) electrons. The van der Waals surface area contributed by atoms with Gasteiger partial charge in [-0.25, -0.2) is 4.68 Å². The summed E-state index contributed by atoms with van der Waals surface area (Å²) in [6.45, 7) is 8.16. The average molecular weight is 185 g/mol. The predicted molar refractivity (Wildman–Crippen MR) is 52.4 cm³/mol. The van der Waals surface area contributed by atoms with E-state index in [1.807, 2.05) is 24.7 Å². The molecule has 0 amide bonds. The van der Waals surface area contributed by atoms with E-state index in [0.29, 0.717) is 6.04 Å². The van der Waals surface area contributed by atoms with E-state index in [0.717, 1.165) is 5.69 Å². The Balaban J connectivity index is 2.92. The zero-order valence-electron chi connectivity index (χ0n) is 7.94. The Morgan fingerprint density at radius 1 is 1.50 bits per heavy atom. The molecular weight excluding hydrogens is 170 g/mol. The van der Waals surface area contributed by atoms with Gasteiger partial charge >= 0.3 is 0 Å².